The van der Waals surface area contributed by atoms with Gasteiger partial charge in [0.25, 0.3) is 0 Å². The molecule has 3 aromatic rings. The minimum absolute atomic E-state index is 0.273. The van der Waals surface area contributed by atoms with E-state index in [1.807, 2.05) is 61.5 Å². The van der Waals surface area contributed by atoms with Crippen molar-refractivity contribution in [1.82, 2.24) is 4.98 Å². The highest BCUT2D eigenvalue weighted by atomic mass is 79.9. The third kappa shape index (κ3) is 3.89. The highest BCUT2D eigenvalue weighted by Gasteiger charge is 2.11. The van der Waals surface area contributed by atoms with Crippen LogP contribution in [0, 0.1) is 6.92 Å². The zero-order valence-corrected chi connectivity index (χ0v) is 14.8. The molecule has 0 fully saturated rings. The molecule has 2 aromatic carbocycles. The predicted molar refractivity (Wildman–Crippen MR) is 97.7 cm³/mol. The van der Waals surface area contributed by atoms with Crippen molar-refractivity contribution in [1.29, 1.82) is 0 Å². The van der Waals surface area contributed by atoms with E-state index in [-0.39, 0.29) is 12.6 Å². The van der Waals surface area contributed by atoms with Crippen molar-refractivity contribution in [2.24, 2.45) is 0 Å². The van der Waals surface area contributed by atoms with E-state index < -0.39 is 0 Å². The van der Waals surface area contributed by atoms with Crippen LogP contribution in [0.4, 0.5) is 0 Å². The molecule has 0 bridgehead atoms. The van der Waals surface area contributed by atoms with Crippen LogP contribution in [0.15, 0.2) is 71.3 Å². The highest BCUT2D eigenvalue weighted by Crippen LogP contribution is 2.24. The number of aryl methyl sites for hydroxylation is 1. The summed E-state index contributed by atoms with van der Waals surface area (Å²) in [5, 5.41) is 0. The van der Waals surface area contributed by atoms with Gasteiger partial charge >= 0.3 is 5.97 Å². The van der Waals surface area contributed by atoms with E-state index >= 15 is 0 Å². The van der Waals surface area contributed by atoms with E-state index in [0.29, 0.717) is 5.56 Å². The number of hydrogen-bond donors (Lipinski definition) is 0. The number of aromatic nitrogens is 1. The number of hydrogen-bond acceptors (Lipinski definition) is 3. The van der Waals surface area contributed by atoms with Gasteiger partial charge in [-0.25, -0.2) is 4.79 Å². The second-order valence-electron chi connectivity index (χ2n) is 5.45. The number of ether oxygens (including phenoxy) is 1. The summed E-state index contributed by atoms with van der Waals surface area (Å²) < 4.78 is 6.30. The number of carbonyl (C=O) groups is 1. The molecule has 1 aromatic heterocycles. The Morgan fingerprint density at radius 2 is 1.88 bits per heavy atom. The Balaban J connectivity index is 1.74. The second-order valence-corrected chi connectivity index (χ2v) is 6.37. The van der Waals surface area contributed by atoms with Crippen molar-refractivity contribution >= 4 is 21.9 Å². The summed E-state index contributed by atoms with van der Waals surface area (Å²) in [6, 6.07) is 19.1. The third-order valence-corrected chi connectivity index (χ3v) is 4.15. The molecular weight excluding hydrogens is 366 g/mol. The predicted octanol–water partition coefficient (Wildman–Crippen LogP) is 5.18. The molecule has 0 saturated carbocycles. The molecule has 0 amide bonds. The summed E-state index contributed by atoms with van der Waals surface area (Å²) in [6.45, 7) is 2.24. The van der Waals surface area contributed by atoms with Crippen LogP contribution in [0.5, 0.6) is 0 Å². The first-order chi connectivity index (χ1) is 11.6. The van der Waals surface area contributed by atoms with Gasteiger partial charge in [0, 0.05) is 16.2 Å². The van der Waals surface area contributed by atoms with Crippen molar-refractivity contribution in [3.63, 3.8) is 0 Å². The van der Waals surface area contributed by atoms with Crippen molar-refractivity contribution in [3.8, 4) is 11.3 Å². The maximum Gasteiger partial charge on any atom is 0.338 e. The van der Waals surface area contributed by atoms with Crippen LogP contribution >= 0.6 is 15.9 Å². The summed E-state index contributed by atoms with van der Waals surface area (Å²) in [7, 11) is 0. The first kappa shape index (κ1) is 16.4. The number of rotatable bonds is 4. The van der Waals surface area contributed by atoms with Crippen LogP contribution in [0.25, 0.3) is 11.3 Å². The largest absolute Gasteiger partial charge is 0.457 e. The lowest BCUT2D eigenvalue weighted by Crippen LogP contribution is -2.05. The SMILES string of the molecule is Cc1cc(C(=O)OCc2ccccc2)ccc1-c1ccc(Br)cn1. The molecule has 0 aliphatic heterocycles. The Hall–Kier alpha value is -2.46. The summed E-state index contributed by atoms with van der Waals surface area (Å²) >= 11 is 3.38. The smallest absolute Gasteiger partial charge is 0.338 e. The minimum Gasteiger partial charge on any atom is -0.457 e. The van der Waals surface area contributed by atoms with Gasteiger partial charge in [-0.15, -0.1) is 0 Å². The Morgan fingerprint density at radius 3 is 2.54 bits per heavy atom. The highest BCUT2D eigenvalue weighted by molar-refractivity contribution is 9.10. The fourth-order valence-corrected chi connectivity index (χ4v) is 2.65. The summed E-state index contributed by atoms with van der Waals surface area (Å²) in [5.41, 5.74) is 4.38. The summed E-state index contributed by atoms with van der Waals surface area (Å²) in [6.07, 6.45) is 1.76. The van der Waals surface area contributed by atoms with E-state index in [9.17, 15) is 4.79 Å². The Bertz CT molecular complexity index is 845. The zero-order valence-electron chi connectivity index (χ0n) is 13.2. The number of esters is 1. The van der Waals surface area contributed by atoms with Crippen LogP contribution in [0.2, 0.25) is 0 Å². The van der Waals surface area contributed by atoms with Gasteiger partial charge in [-0.2, -0.15) is 0 Å². The Morgan fingerprint density at radius 1 is 1.08 bits per heavy atom. The van der Waals surface area contributed by atoms with E-state index in [4.69, 9.17) is 4.74 Å². The summed E-state index contributed by atoms with van der Waals surface area (Å²) in [4.78, 5) is 16.6. The zero-order chi connectivity index (χ0) is 16.9. The molecule has 0 spiro atoms. The van der Waals surface area contributed by atoms with Crippen molar-refractivity contribution in [3.05, 3.63) is 88.0 Å². The number of nitrogens with zero attached hydrogens (tertiary/aromatic N) is 1. The fourth-order valence-electron chi connectivity index (χ4n) is 2.42. The average molecular weight is 382 g/mol. The second kappa shape index (κ2) is 7.41. The van der Waals surface area contributed by atoms with E-state index in [2.05, 4.69) is 20.9 Å². The third-order valence-electron chi connectivity index (χ3n) is 3.68. The van der Waals surface area contributed by atoms with Crippen LogP contribution in [0.3, 0.4) is 0 Å². The normalized spacial score (nSPS) is 10.4. The van der Waals surface area contributed by atoms with Crippen molar-refractivity contribution < 1.29 is 9.53 Å². The maximum atomic E-state index is 12.2. The quantitative estimate of drug-likeness (QED) is 0.584. The molecule has 120 valence electrons. The van der Waals surface area contributed by atoms with Gasteiger partial charge in [-0.3, -0.25) is 4.98 Å². The Kier molecular flexibility index (Phi) is 5.06. The number of halogens is 1. The molecule has 0 aliphatic carbocycles. The van der Waals surface area contributed by atoms with E-state index in [1.54, 1.807) is 12.3 Å². The lowest BCUT2D eigenvalue weighted by Gasteiger charge is -2.09. The fraction of sp³-hybridized carbons (Fsp3) is 0.100. The van der Waals surface area contributed by atoms with E-state index in [1.165, 1.54) is 0 Å². The Labute approximate surface area is 149 Å². The molecule has 3 nitrogen and oxygen atoms in total. The minimum atomic E-state index is -0.322. The molecule has 24 heavy (non-hydrogen) atoms. The van der Waals surface area contributed by atoms with Gasteiger partial charge in [-0.1, -0.05) is 36.4 Å². The molecule has 0 saturated heterocycles. The monoisotopic (exact) mass is 381 g/mol. The van der Waals surface area contributed by atoms with E-state index in [0.717, 1.165) is 26.9 Å². The van der Waals surface area contributed by atoms with Crippen molar-refractivity contribution in [2.45, 2.75) is 13.5 Å². The van der Waals surface area contributed by atoms with Crippen LogP contribution in [-0.4, -0.2) is 11.0 Å². The van der Waals surface area contributed by atoms with Crippen molar-refractivity contribution in [2.75, 3.05) is 0 Å². The van der Waals surface area contributed by atoms with Gasteiger partial charge in [-0.05, 0) is 58.2 Å². The molecule has 3 rings (SSSR count). The lowest BCUT2D eigenvalue weighted by molar-refractivity contribution is 0.0472. The van der Waals surface area contributed by atoms with Gasteiger partial charge in [0.05, 0.1) is 11.3 Å². The first-order valence-corrected chi connectivity index (χ1v) is 8.36. The summed E-state index contributed by atoms with van der Waals surface area (Å²) in [5.74, 6) is -0.322. The number of benzene rings is 2. The number of pyridine rings is 1. The van der Waals surface area contributed by atoms with Crippen LogP contribution < -0.4 is 0 Å². The van der Waals surface area contributed by atoms with Gasteiger partial charge < -0.3 is 4.74 Å². The molecular formula is C20H16BrNO2. The van der Waals surface area contributed by atoms with Gasteiger partial charge in [0.1, 0.15) is 6.61 Å². The number of carbonyl (C=O) groups excluding carboxylic acids is 1. The molecule has 0 radical (unpaired) electrons. The molecule has 0 unspecified atom stereocenters. The average Bonchev–Trinajstić information content (AvgIpc) is 2.61. The molecule has 4 heteroatoms. The lowest BCUT2D eigenvalue weighted by atomic mass is 10.0. The molecule has 0 aliphatic rings. The topological polar surface area (TPSA) is 39.2 Å². The molecule has 0 atom stereocenters. The van der Waals surface area contributed by atoms with Crippen LogP contribution in [0.1, 0.15) is 21.5 Å². The maximum absolute atomic E-state index is 12.2. The molecule has 0 N–H and O–H groups in total. The van der Waals surface area contributed by atoms with Crippen LogP contribution in [-0.2, 0) is 11.3 Å². The standard InChI is InChI=1S/C20H16BrNO2/c1-14-11-16(20(23)24-13-15-5-3-2-4-6-15)7-9-18(14)19-10-8-17(21)12-22-19/h2-12H,13H2,1H3. The van der Waals surface area contributed by atoms with Gasteiger partial charge in [0.15, 0.2) is 0 Å². The first-order valence-electron chi connectivity index (χ1n) is 7.57. The van der Waals surface area contributed by atoms with Gasteiger partial charge in [0.2, 0.25) is 0 Å². The molecule has 1 heterocycles.